The lowest BCUT2D eigenvalue weighted by Gasteiger charge is -2.24. The second-order valence-electron chi connectivity index (χ2n) is 8.77. The number of hydrogen-bond donors (Lipinski definition) is 2. The summed E-state index contributed by atoms with van der Waals surface area (Å²) in [5.74, 6) is 1.66. The van der Waals surface area contributed by atoms with Gasteiger partial charge in [0.25, 0.3) is 5.56 Å². The molecule has 8 nitrogen and oxygen atoms in total. The van der Waals surface area contributed by atoms with Crippen molar-refractivity contribution in [3.8, 4) is 5.75 Å². The van der Waals surface area contributed by atoms with Crippen LogP contribution in [-0.4, -0.2) is 40.8 Å². The van der Waals surface area contributed by atoms with Gasteiger partial charge in [0.15, 0.2) is 0 Å². The number of hydrogen-bond acceptors (Lipinski definition) is 6. The van der Waals surface area contributed by atoms with E-state index in [4.69, 9.17) is 9.72 Å². The van der Waals surface area contributed by atoms with Crippen LogP contribution in [0.15, 0.2) is 41.2 Å². The molecule has 0 bridgehead atoms. The summed E-state index contributed by atoms with van der Waals surface area (Å²) in [6.45, 7) is 3.79. The molecule has 1 saturated carbocycles. The third kappa shape index (κ3) is 3.36. The number of rotatable bonds is 6. The highest BCUT2D eigenvalue weighted by atomic mass is 16.5. The zero-order valence-corrected chi connectivity index (χ0v) is 18.3. The van der Waals surface area contributed by atoms with E-state index in [0.29, 0.717) is 40.1 Å². The summed E-state index contributed by atoms with van der Waals surface area (Å²) in [5, 5.41) is 13.3. The largest absolute Gasteiger partial charge is 0.497 e. The standard InChI is InChI=1S/C24H26N4O4/c1-13(25-20-7-5-4-6-17(20)23(30)31)18-9-16(32-3)10-19-21(18)26-24(27(2)22(19)29)28-11-14-8-15(14)12-28/h4-7,9-10,13-15,25H,8,11-12H2,1-3H3,(H,30,31). The Hall–Kier alpha value is -3.55. The minimum atomic E-state index is -1.00. The van der Waals surface area contributed by atoms with Crippen LogP contribution in [0.2, 0.25) is 0 Å². The maximum atomic E-state index is 13.3. The van der Waals surface area contributed by atoms with Crippen LogP contribution in [0.4, 0.5) is 11.6 Å². The minimum absolute atomic E-state index is 0.121. The summed E-state index contributed by atoms with van der Waals surface area (Å²) in [6.07, 6.45) is 1.27. The van der Waals surface area contributed by atoms with Gasteiger partial charge in [-0.1, -0.05) is 12.1 Å². The van der Waals surface area contributed by atoms with Gasteiger partial charge in [-0.25, -0.2) is 9.78 Å². The molecule has 5 rings (SSSR count). The Morgan fingerprint density at radius 1 is 1.25 bits per heavy atom. The molecule has 2 fully saturated rings. The van der Waals surface area contributed by atoms with Crippen molar-refractivity contribution in [1.29, 1.82) is 0 Å². The first kappa shape index (κ1) is 20.4. The van der Waals surface area contributed by atoms with Crippen LogP contribution < -0.4 is 20.5 Å². The van der Waals surface area contributed by atoms with Crippen LogP contribution in [0.25, 0.3) is 10.9 Å². The van der Waals surface area contributed by atoms with Crippen LogP contribution in [-0.2, 0) is 7.05 Å². The maximum Gasteiger partial charge on any atom is 0.337 e. The number of methoxy groups -OCH3 is 1. The van der Waals surface area contributed by atoms with E-state index in [1.54, 1.807) is 49.1 Å². The van der Waals surface area contributed by atoms with Crippen molar-refractivity contribution in [2.24, 2.45) is 18.9 Å². The molecule has 0 spiro atoms. The van der Waals surface area contributed by atoms with Crippen LogP contribution in [0.5, 0.6) is 5.75 Å². The molecule has 32 heavy (non-hydrogen) atoms. The third-order valence-electron chi connectivity index (χ3n) is 6.65. The molecule has 0 radical (unpaired) electrons. The fraction of sp³-hybridized carbons (Fsp3) is 0.375. The van der Waals surface area contributed by atoms with Gasteiger partial charge >= 0.3 is 5.97 Å². The average Bonchev–Trinajstić information content (AvgIpc) is 3.40. The molecule has 0 amide bonds. The number of piperidine rings is 1. The van der Waals surface area contributed by atoms with Crippen molar-refractivity contribution in [3.63, 3.8) is 0 Å². The molecule has 3 aromatic rings. The first-order valence-electron chi connectivity index (χ1n) is 10.8. The van der Waals surface area contributed by atoms with Gasteiger partial charge in [0.2, 0.25) is 5.95 Å². The fourth-order valence-corrected chi connectivity index (χ4v) is 4.76. The molecule has 2 N–H and O–H groups in total. The van der Waals surface area contributed by atoms with Crippen molar-refractivity contribution in [1.82, 2.24) is 9.55 Å². The quantitative estimate of drug-likeness (QED) is 0.615. The molecule has 2 heterocycles. The van der Waals surface area contributed by atoms with Crippen LogP contribution in [0.1, 0.15) is 35.3 Å². The van der Waals surface area contributed by atoms with E-state index >= 15 is 0 Å². The number of para-hydroxylation sites is 1. The monoisotopic (exact) mass is 434 g/mol. The Labute approximate surface area is 185 Å². The molecule has 1 aliphatic heterocycles. The number of anilines is 2. The Balaban J connectivity index is 1.62. The lowest BCUT2D eigenvalue weighted by Crippen LogP contribution is -2.31. The number of aromatic nitrogens is 2. The van der Waals surface area contributed by atoms with Gasteiger partial charge in [0.1, 0.15) is 5.75 Å². The summed E-state index contributed by atoms with van der Waals surface area (Å²) in [7, 11) is 3.32. The van der Waals surface area contributed by atoms with E-state index in [1.807, 2.05) is 13.0 Å². The molecule has 2 aliphatic rings. The maximum absolute atomic E-state index is 13.3. The predicted molar refractivity (Wildman–Crippen MR) is 123 cm³/mol. The number of nitrogens with zero attached hydrogens (tertiary/aromatic N) is 3. The number of carboxylic acid groups (broad SMARTS) is 1. The summed E-state index contributed by atoms with van der Waals surface area (Å²) >= 11 is 0. The second kappa shape index (κ2) is 7.55. The smallest absolute Gasteiger partial charge is 0.337 e. The molecule has 8 heteroatoms. The Kier molecular flexibility index (Phi) is 4.80. The molecule has 1 aliphatic carbocycles. The fourth-order valence-electron chi connectivity index (χ4n) is 4.76. The number of carbonyl (C=O) groups is 1. The zero-order valence-electron chi connectivity index (χ0n) is 18.3. The lowest BCUT2D eigenvalue weighted by molar-refractivity contribution is 0.0698. The molecular weight excluding hydrogens is 408 g/mol. The van der Waals surface area contributed by atoms with Gasteiger partial charge in [-0.15, -0.1) is 0 Å². The molecule has 2 aromatic carbocycles. The molecule has 1 aromatic heterocycles. The zero-order chi connectivity index (χ0) is 22.6. The highest BCUT2D eigenvalue weighted by molar-refractivity contribution is 5.94. The van der Waals surface area contributed by atoms with Crippen molar-refractivity contribution in [2.75, 3.05) is 30.4 Å². The van der Waals surface area contributed by atoms with Gasteiger partial charge in [-0.2, -0.15) is 0 Å². The summed E-state index contributed by atoms with van der Waals surface area (Å²) < 4.78 is 7.08. The number of benzene rings is 2. The van der Waals surface area contributed by atoms with E-state index in [9.17, 15) is 14.7 Å². The first-order valence-corrected chi connectivity index (χ1v) is 10.8. The van der Waals surface area contributed by atoms with Crippen molar-refractivity contribution in [2.45, 2.75) is 19.4 Å². The SMILES string of the molecule is COc1cc(C(C)Nc2ccccc2C(=O)O)c2nc(N3CC4CC4C3)n(C)c(=O)c2c1. The topological polar surface area (TPSA) is 96.7 Å². The van der Waals surface area contributed by atoms with E-state index in [0.717, 1.165) is 18.7 Å². The van der Waals surface area contributed by atoms with E-state index in [-0.39, 0.29) is 17.2 Å². The van der Waals surface area contributed by atoms with Gasteiger partial charge < -0.3 is 20.1 Å². The Morgan fingerprint density at radius 2 is 1.97 bits per heavy atom. The minimum Gasteiger partial charge on any atom is -0.497 e. The van der Waals surface area contributed by atoms with E-state index in [1.165, 1.54) is 6.42 Å². The first-order chi connectivity index (χ1) is 15.4. The summed E-state index contributed by atoms with van der Waals surface area (Å²) in [4.78, 5) is 32.1. The van der Waals surface area contributed by atoms with E-state index in [2.05, 4.69) is 10.2 Å². The highest BCUT2D eigenvalue weighted by Gasteiger charge is 2.46. The van der Waals surface area contributed by atoms with Crippen LogP contribution in [0.3, 0.4) is 0 Å². The van der Waals surface area contributed by atoms with Crippen molar-refractivity contribution in [3.05, 3.63) is 57.9 Å². The summed E-state index contributed by atoms with van der Waals surface area (Å²) in [6, 6.07) is 10.0. The van der Waals surface area contributed by atoms with Crippen molar-refractivity contribution >= 4 is 28.5 Å². The average molecular weight is 434 g/mol. The van der Waals surface area contributed by atoms with E-state index < -0.39 is 5.97 Å². The molecule has 3 atom stereocenters. The number of carboxylic acids is 1. The Bertz CT molecular complexity index is 1270. The number of nitrogens with one attached hydrogen (secondary N) is 1. The number of ether oxygens (including phenoxy) is 1. The molecular formula is C24H26N4O4. The van der Waals surface area contributed by atoms with Gasteiger partial charge in [-0.05, 0) is 49.4 Å². The Morgan fingerprint density at radius 3 is 2.66 bits per heavy atom. The number of fused-ring (bicyclic) bond motifs is 2. The lowest BCUT2D eigenvalue weighted by atomic mass is 10.0. The van der Waals surface area contributed by atoms with Gasteiger partial charge in [0, 0.05) is 31.4 Å². The van der Waals surface area contributed by atoms with Gasteiger partial charge in [-0.3, -0.25) is 9.36 Å². The number of aromatic carboxylic acids is 1. The molecule has 1 saturated heterocycles. The highest BCUT2D eigenvalue weighted by Crippen LogP contribution is 2.46. The third-order valence-corrected chi connectivity index (χ3v) is 6.65. The predicted octanol–water partition coefficient (Wildman–Crippen LogP) is 3.27. The normalized spacial score (nSPS) is 20.2. The summed E-state index contributed by atoms with van der Waals surface area (Å²) in [5.41, 5.74) is 1.96. The molecule has 166 valence electrons. The molecule has 3 unspecified atom stereocenters. The van der Waals surface area contributed by atoms with Crippen molar-refractivity contribution < 1.29 is 14.6 Å². The van der Waals surface area contributed by atoms with Crippen LogP contribution >= 0.6 is 0 Å². The van der Waals surface area contributed by atoms with Gasteiger partial charge in [0.05, 0.1) is 29.6 Å². The second-order valence-corrected chi connectivity index (χ2v) is 8.77. The van der Waals surface area contributed by atoms with Crippen LogP contribution in [0, 0.1) is 11.8 Å².